The van der Waals surface area contributed by atoms with Crippen molar-refractivity contribution in [1.29, 1.82) is 0 Å². The minimum Gasteiger partial charge on any atom is -0.508 e. The molecule has 0 aliphatic rings. The smallest absolute Gasteiger partial charge is 0.161 e. The second-order valence-electron chi connectivity index (χ2n) is 4.21. The van der Waals surface area contributed by atoms with Crippen molar-refractivity contribution < 1.29 is 19.7 Å². The number of para-hydroxylation sites is 1. The molecular formula is C17H18O4. The first-order valence-electron chi connectivity index (χ1n) is 6.32. The van der Waals surface area contributed by atoms with E-state index in [1.165, 1.54) is 26.2 Å². The number of allylic oxidation sites excluding steroid dienone is 1. The lowest BCUT2D eigenvalue weighted by Gasteiger charge is -2.03. The van der Waals surface area contributed by atoms with Crippen LogP contribution in [0, 0.1) is 0 Å². The van der Waals surface area contributed by atoms with E-state index in [9.17, 15) is 9.90 Å². The topological polar surface area (TPSA) is 66.8 Å². The highest BCUT2D eigenvalue weighted by Gasteiger charge is 2.00. The second kappa shape index (κ2) is 8.43. The Hall–Kier alpha value is -2.75. The maximum atomic E-state index is 10.7. The quantitative estimate of drug-likeness (QED) is 0.849. The Labute approximate surface area is 123 Å². The molecule has 0 aliphatic carbocycles. The molecule has 0 unspecified atom stereocenters. The Morgan fingerprint density at radius 1 is 1.10 bits per heavy atom. The van der Waals surface area contributed by atoms with Crippen LogP contribution in [0.1, 0.15) is 12.5 Å². The van der Waals surface area contributed by atoms with Gasteiger partial charge in [-0.3, -0.25) is 4.79 Å². The maximum absolute atomic E-state index is 10.7. The van der Waals surface area contributed by atoms with Gasteiger partial charge in [0.1, 0.15) is 5.75 Å². The number of ether oxygens (including phenoxy) is 1. The fraction of sp³-hybridized carbons (Fsp3) is 0.118. The first-order valence-corrected chi connectivity index (χ1v) is 6.32. The summed E-state index contributed by atoms with van der Waals surface area (Å²) in [5, 5.41) is 17.9. The summed E-state index contributed by atoms with van der Waals surface area (Å²) in [5.41, 5.74) is 0.815. The van der Waals surface area contributed by atoms with Crippen molar-refractivity contribution in [3.05, 3.63) is 60.2 Å². The molecule has 0 aliphatic heterocycles. The molecule has 0 amide bonds. The average molecular weight is 286 g/mol. The van der Waals surface area contributed by atoms with Gasteiger partial charge in [0.15, 0.2) is 17.3 Å². The summed E-state index contributed by atoms with van der Waals surface area (Å²) in [6.45, 7) is 1.48. The van der Waals surface area contributed by atoms with Gasteiger partial charge in [-0.25, -0.2) is 0 Å². The van der Waals surface area contributed by atoms with Crippen molar-refractivity contribution in [1.82, 2.24) is 0 Å². The summed E-state index contributed by atoms with van der Waals surface area (Å²) >= 11 is 0. The number of hydrogen-bond donors (Lipinski definition) is 2. The van der Waals surface area contributed by atoms with E-state index in [0.717, 1.165) is 5.56 Å². The van der Waals surface area contributed by atoms with E-state index in [1.54, 1.807) is 42.5 Å². The number of hydrogen-bond acceptors (Lipinski definition) is 4. The summed E-state index contributed by atoms with van der Waals surface area (Å²) in [7, 11) is 1.48. The van der Waals surface area contributed by atoms with Gasteiger partial charge in [-0.2, -0.15) is 0 Å². The molecule has 0 radical (unpaired) electrons. The largest absolute Gasteiger partial charge is 0.508 e. The zero-order chi connectivity index (χ0) is 15.7. The van der Waals surface area contributed by atoms with Gasteiger partial charge in [-0.15, -0.1) is 0 Å². The molecule has 0 aromatic heterocycles. The van der Waals surface area contributed by atoms with Crippen LogP contribution in [0.2, 0.25) is 0 Å². The Morgan fingerprint density at radius 3 is 2.24 bits per heavy atom. The van der Waals surface area contributed by atoms with E-state index >= 15 is 0 Å². The SMILES string of the molecule is COc1cc(C=CC(C)=O)ccc1O.Oc1ccccc1. The number of rotatable bonds is 3. The summed E-state index contributed by atoms with van der Waals surface area (Å²) in [5.74, 6) is 0.794. The molecule has 0 heterocycles. The van der Waals surface area contributed by atoms with Crippen LogP contribution in [-0.2, 0) is 4.79 Å². The van der Waals surface area contributed by atoms with Crippen LogP contribution in [0.25, 0.3) is 6.08 Å². The molecule has 0 spiro atoms. The van der Waals surface area contributed by atoms with Crippen molar-refractivity contribution in [2.75, 3.05) is 7.11 Å². The van der Waals surface area contributed by atoms with Gasteiger partial charge in [-0.05, 0) is 42.8 Å². The highest BCUT2D eigenvalue weighted by atomic mass is 16.5. The zero-order valence-electron chi connectivity index (χ0n) is 12.0. The number of carbonyl (C=O) groups is 1. The van der Waals surface area contributed by atoms with Gasteiger partial charge in [0.25, 0.3) is 0 Å². The van der Waals surface area contributed by atoms with Crippen molar-refractivity contribution >= 4 is 11.9 Å². The molecule has 0 fully saturated rings. The molecule has 2 rings (SSSR count). The van der Waals surface area contributed by atoms with E-state index in [0.29, 0.717) is 11.5 Å². The standard InChI is InChI=1S/C11H12O3.C6H6O/c1-8(12)3-4-9-5-6-10(13)11(7-9)14-2;7-6-4-2-1-3-5-6/h3-7,13H,1-2H3;1-5,7H. The number of phenolic OH excluding ortho intramolecular Hbond substituents is 2. The molecule has 4 heteroatoms. The van der Waals surface area contributed by atoms with Crippen molar-refractivity contribution in [2.45, 2.75) is 6.92 Å². The summed E-state index contributed by atoms with van der Waals surface area (Å²) < 4.78 is 4.92. The van der Waals surface area contributed by atoms with E-state index in [1.807, 2.05) is 6.07 Å². The van der Waals surface area contributed by atoms with Crippen molar-refractivity contribution in [2.24, 2.45) is 0 Å². The molecule has 0 saturated heterocycles. The van der Waals surface area contributed by atoms with Crippen LogP contribution >= 0.6 is 0 Å². The van der Waals surface area contributed by atoms with E-state index in [2.05, 4.69) is 0 Å². The fourth-order valence-electron chi connectivity index (χ4n) is 1.44. The minimum absolute atomic E-state index is 0.0166. The third-order valence-electron chi connectivity index (χ3n) is 2.47. The lowest BCUT2D eigenvalue weighted by molar-refractivity contribution is -0.112. The Balaban J connectivity index is 0.000000262. The summed E-state index contributed by atoms with van der Waals surface area (Å²) in [4.78, 5) is 10.7. The lowest BCUT2D eigenvalue weighted by Crippen LogP contribution is -1.85. The number of methoxy groups -OCH3 is 1. The molecule has 0 atom stereocenters. The normalized spacial score (nSPS) is 9.81. The molecule has 0 bridgehead atoms. The molecule has 21 heavy (non-hydrogen) atoms. The van der Waals surface area contributed by atoms with E-state index in [-0.39, 0.29) is 11.5 Å². The molecule has 2 aromatic rings. The van der Waals surface area contributed by atoms with Crippen LogP contribution < -0.4 is 4.74 Å². The highest BCUT2D eigenvalue weighted by Crippen LogP contribution is 2.26. The Morgan fingerprint density at radius 2 is 1.76 bits per heavy atom. The molecule has 4 nitrogen and oxygen atoms in total. The second-order valence-corrected chi connectivity index (χ2v) is 4.21. The maximum Gasteiger partial charge on any atom is 0.161 e. The van der Waals surface area contributed by atoms with Gasteiger partial charge < -0.3 is 14.9 Å². The minimum atomic E-state index is -0.0166. The number of phenols is 2. The fourth-order valence-corrected chi connectivity index (χ4v) is 1.44. The predicted molar refractivity (Wildman–Crippen MR) is 82.5 cm³/mol. The monoisotopic (exact) mass is 286 g/mol. The van der Waals surface area contributed by atoms with Gasteiger partial charge in [0, 0.05) is 0 Å². The highest BCUT2D eigenvalue weighted by molar-refractivity contribution is 5.91. The van der Waals surface area contributed by atoms with Crippen molar-refractivity contribution in [3.63, 3.8) is 0 Å². The van der Waals surface area contributed by atoms with Crippen LogP contribution in [-0.4, -0.2) is 23.1 Å². The van der Waals surface area contributed by atoms with E-state index < -0.39 is 0 Å². The third-order valence-corrected chi connectivity index (χ3v) is 2.47. The lowest BCUT2D eigenvalue weighted by atomic mass is 10.2. The van der Waals surface area contributed by atoms with Crippen LogP contribution in [0.4, 0.5) is 0 Å². The van der Waals surface area contributed by atoms with Crippen LogP contribution in [0.15, 0.2) is 54.6 Å². The van der Waals surface area contributed by atoms with Crippen LogP contribution in [0.5, 0.6) is 17.2 Å². The van der Waals surface area contributed by atoms with Crippen molar-refractivity contribution in [3.8, 4) is 17.2 Å². The number of carbonyl (C=O) groups excluding carboxylic acids is 1. The third kappa shape index (κ3) is 6.29. The molecule has 2 N–H and O–H groups in total. The average Bonchev–Trinajstić information content (AvgIpc) is 2.48. The van der Waals surface area contributed by atoms with E-state index in [4.69, 9.17) is 9.84 Å². The molecule has 2 aromatic carbocycles. The zero-order valence-corrected chi connectivity index (χ0v) is 12.0. The summed E-state index contributed by atoms with van der Waals surface area (Å²) in [6.07, 6.45) is 3.14. The van der Waals surface area contributed by atoms with Gasteiger partial charge in [0.2, 0.25) is 0 Å². The van der Waals surface area contributed by atoms with Gasteiger partial charge >= 0.3 is 0 Å². The summed E-state index contributed by atoms with van der Waals surface area (Å²) in [6, 6.07) is 13.6. The first-order chi connectivity index (χ1) is 10.0. The Kier molecular flexibility index (Phi) is 6.54. The predicted octanol–water partition coefficient (Wildman–Crippen LogP) is 3.40. The van der Waals surface area contributed by atoms with Gasteiger partial charge in [-0.1, -0.05) is 30.3 Å². The number of ketones is 1. The molecule has 110 valence electrons. The first kappa shape index (κ1) is 16.3. The van der Waals surface area contributed by atoms with Crippen LogP contribution in [0.3, 0.4) is 0 Å². The van der Waals surface area contributed by atoms with Gasteiger partial charge in [0.05, 0.1) is 7.11 Å². The molecular weight excluding hydrogens is 268 g/mol. The number of benzene rings is 2. The molecule has 0 saturated carbocycles. The number of aromatic hydroxyl groups is 2. The Bertz CT molecular complexity index is 603.